The van der Waals surface area contributed by atoms with E-state index < -0.39 is 10.8 Å². The van der Waals surface area contributed by atoms with E-state index in [1.807, 2.05) is 41.9 Å². The first kappa shape index (κ1) is 21.7. The Morgan fingerprint density at radius 2 is 1.94 bits per heavy atom. The van der Waals surface area contributed by atoms with Crippen LogP contribution in [-0.4, -0.2) is 26.3 Å². The summed E-state index contributed by atoms with van der Waals surface area (Å²) in [4.78, 5) is 23.2. The standard InChI is InChI=1S/C23H22ClN5O3/c1-14-21-18(25-26-22(30)15-9-10-17(24)19(11-15)29(31)32)12-23(2,3)13-20(21)28(27-14)16-7-5-4-6-8-16/h4-11H,12-13H2,1-3H3,(H,26,30)/b25-18+. The Labute approximate surface area is 190 Å². The second-order valence-electron chi connectivity index (χ2n) is 8.59. The van der Waals surface area contributed by atoms with Gasteiger partial charge in [-0.3, -0.25) is 14.9 Å². The van der Waals surface area contributed by atoms with Gasteiger partial charge in [-0.25, -0.2) is 10.1 Å². The number of rotatable bonds is 4. The van der Waals surface area contributed by atoms with Crippen LogP contribution < -0.4 is 5.43 Å². The summed E-state index contributed by atoms with van der Waals surface area (Å²) in [6.07, 6.45) is 1.47. The van der Waals surface area contributed by atoms with Crippen LogP contribution in [0.4, 0.5) is 5.69 Å². The molecule has 0 aliphatic heterocycles. The molecule has 8 nitrogen and oxygen atoms in total. The summed E-state index contributed by atoms with van der Waals surface area (Å²) in [5.74, 6) is -0.546. The van der Waals surface area contributed by atoms with E-state index in [1.54, 1.807) is 0 Å². The van der Waals surface area contributed by atoms with Gasteiger partial charge in [0.15, 0.2) is 0 Å². The molecule has 3 aromatic rings. The molecule has 2 aromatic carbocycles. The largest absolute Gasteiger partial charge is 0.288 e. The number of halogens is 1. The van der Waals surface area contributed by atoms with E-state index in [2.05, 4.69) is 24.4 Å². The Kier molecular flexibility index (Phi) is 5.56. The maximum Gasteiger partial charge on any atom is 0.288 e. The summed E-state index contributed by atoms with van der Waals surface area (Å²) in [6, 6.07) is 13.8. The van der Waals surface area contributed by atoms with Gasteiger partial charge in [0.25, 0.3) is 11.6 Å². The van der Waals surface area contributed by atoms with Crippen LogP contribution in [0.1, 0.15) is 47.6 Å². The van der Waals surface area contributed by atoms with Gasteiger partial charge >= 0.3 is 0 Å². The molecule has 1 heterocycles. The van der Waals surface area contributed by atoms with Crippen molar-refractivity contribution in [2.24, 2.45) is 10.5 Å². The lowest BCUT2D eigenvalue weighted by Gasteiger charge is -2.31. The van der Waals surface area contributed by atoms with Gasteiger partial charge in [-0.05, 0) is 49.4 Å². The number of amides is 1. The Balaban J connectivity index is 1.70. The quantitative estimate of drug-likeness (QED) is 0.452. The topological polar surface area (TPSA) is 102 Å². The molecule has 164 valence electrons. The highest BCUT2D eigenvalue weighted by Gasteiger charge is 2.35. The van der Waals surface area contributed by atoms with Crippen molar-refractivity contribution in [3.8, 4) is 5.69 Å². The molecule has 1 aromatic heterocycles. The number of fused-ring (bicyclic) bond motifs is 1. The fourth-order valence-corrected chi connectivity index (χ4v) is 4.21. The maximum absolute atomic E-state index is 12.7. The molecular weight excluding hydrogens is 430 g/mol. The van der Waals surface area contributed by atoms with Gasteiger partial charge in [-0.2, -0.15) is 10.2 Å². The van der Waals surface area contributed by atoms with Crippen LogP contribution in [-0.2, 0) is 6.42 Å². The molecule has 0 radical (unpaired) electrons. The van der Waals surface area contributed by atoms with Gasteiger partial charge < -0.3 is 0 Å². The molecular formula is C23H22ClN5O3. The second-order valence-corrected chi connectivity index (χ2v) is 9.00. The van der Waals surface area contributed by atoms with Crippen LogP contribution in [0.5, 0.6) is 0 Å². The zero-order valence-electron chi connectivity index (χ0n) is 17.9. The third-order valence-corrected chi connectivity index (χ3v) is 5.75. The molecule has 0 atom stereocenters. The summed E-state index contributed by atoms with van der Waals surface area (Å²) in [5.41, 5.74) is 6.74. The number of nitro benzene ring substituents is 1. The number of para-hydroxylation sites is 1. The van der Waals surface area contributed by atoms with E-state index in [1.165, 1.54) is 12.1 Å². The molecule has 4 rings (SSSR count). The molecule has 9 heteroatoms. The summed E-state index contributed by atoms with van der Waals surface area (Å²) in [5, 5.41) is 20.3. The summed E-state index contributed by atoms with van der Waals surface area (Å²) in [6.45, 7) is 6.22. The van der Waals surface area contributed by atoms with Crippen molar-refractivity contribution in [3.05, 3.63) is 86.2 Å². The van der Waals surface area contributed by atoms with Crippen LogP contribution in [0.15, 0.2) is 53.6 Å². The van der Waals surface area contributed by atoms with Gasteiger partial charge in [0, 0.05) is 17.2 Å². The number of benzene rings is 2. The van der Waals surface area contributed by atoms with Crippen molar-refractivity contribution < 1.29 is 9.72 Å². The Hall–Kier alpha value is -3.52. The Morgan fingerprint density at radius 3 is 2.62 bits per heavy atom. The lowest BCUT2D eigenvalue weighted by molar-refractivity contribution is -0.384. The first-order chi connectivity index (χ1) is 15.2. The van der Waals surface area contributed by atoms with Crippen molar-refractivity contribution in [3.63, 3.8) is 0 Å². The average Bonchev–Trinajstić information content (AvgIpc) is 3.07. The van der Waals surface area contributed by atoms with E-state index in [0.717, 1.165) is 40.8 Å². The molecule has 0 fully saturated rings. The maximum atomic E-state index is 12.7. The number of aromatic nitrogens is 2. The molecule has 1 aliphatic carbocycles. The molecule has 1 amide bonds. The number of nitro groups is 1. The fourth-order valence-electron chi connectivity index (χ4n) is 4.03. The summed E-state index contributed by atoms with van der Waals surface area (Å²) in [7, 11) is 0. The number of carbonyl (C=O) groups excluding carboxylic acids is 1. The lowest BCUT2D eigenvalue weighted by Crippen LogP contribution is -2.31. The number of carbonyl (C=O) groups is 1. The lowest BCUT2D eigenvalue weighted by atomic mass is 9.75. The molecule has 0 saturated carbocycles. The van der Waals surface area contributed by atoms with E-state index in [0.29, 0.717) is 6.42 Å². The van der Waals surface area contributed by atoms with Gasteiger partial charge in [0.1, 0.15) is 5.02 Å². The minimum atomic E-state index is -0.623. The second kappa shape index (κ2) is 8.20. The van der Waals surface area contributed by atoms with Crippen LogP contribution in [0, 0.1) is 22.5 Å². The normalized spacial score (nSPS) is 15.9. The number of aryl methyl sites for hydroxylation is 1. The highest BCUT2D eigenvalue weighted by molar-refractivity contribution is 6.32. The third-order valence-electron chi connectivity index (χ3n) is 5.43. The first-order valence-corrected chi connectivity index (χ1v) is 10.5. The summed E-state index contributed by atoms with van der Waals surface area (Å²) < 4.78 is 1.94. The molecule has 0 unspecified atom stereocenters. The third kappa shape index (κ3) is 4.13. The van der Waals surface area contributed by atoms with E-state index in [-0.39, 0.29) is 21.7 Å². The number of nitrogens with zero attached hydrogens (tertiary/aromatic N) is 4. The monoisotopic (exact) mass is 451 g/mol. The van der Waals surface area contributed by atoms with Crippen molar-refractivity contribution in [2.75, 3.05) is 0 Å². The van der Waals surface area contributed by atoms with Crippen molar-refractivity contribution >= 4 is 28.9 Å². The number of nitrogens with one attached hydrogen (secondary N) is 1. The molecule has 0 bridgehead atoms. The highest BCUT2D eigenvalue weighted by atomic mass is 35.5. The number of hydrogen-bond acceptors (Lipinski definition) is 5. The van der Waals surface area contributed by atoms with Crippen molar-refractivity contribution in [1.82, 2.24) is 15.2 Å². The number of hydrogen-bond donors (Lipinski definition) is 1. The van der Waals surface area contributed by atoms with Gasteiger partial charge in [-0.1, -0.05) is 43.6 Å². The Morgan fingerprint density at radius 1 is 1.22 bits per heavy atom. The van der Waals surface area contributed by atoms with Gasteiger partial charge in [0.2, 0.25) is 0 Å². The van der Waals surface area contributed by atoms with E-state index in [9.17, 15) is 14.9 Å². The Bertz CT molecular complexity index is 1250. The predicted octanol–water partition coefficient (Wildman–Crippen LogP) is 4.85. The number of hydrazone groups is 1. The predicted molar refractivity (Wildman–Crippen MR) is 123 cm³/mol. The zero-order valence-corrected chi connectivity index (χ0v) is 18.7. The smallest absolute Gasteiger partial charge is 0.267 e. The van der Waals surface area contributed by atoms with E-state index >= 15 is 0 Å². The SMILES string of the molecule is Cc1nn(-c2ccccc2)c2c1/C(=N/NC(=O)c1ccc(Cl)c([N+](=O)[O-])c1)CC(C)(C)C2. The van der Waals surface area contributed by atoms with Gasteiger partial charge in [0.05, 0.1) is 27.7 Å². The van der Waals surface area contributed by atoms with Crippen LogP contribution in [0.2, 0.25) is 5.02 Å². The molecule has 32 heavy (non-hydrogen) atoms. The zero-order chi connectivity index (χ0) is 23.0. The molecule has 1 aliphatic rings. The van der Waals surface area contributed by atoms with Crippen LogP contribution in [0.3, 0.4) is 0 Å². The van der Waals surface area contributed by atoms with Crippen molar-refractivity contribution in [2.45, 2.75) is 33.6 Å². The average molecular weight is 452 g/mol. The minimum Gasteiger partial charge on any atom is -0.267 e. The fraction of sp³-hybridized carbons (Fsp3) is 0.261. The van der Waals surface area contributed by atoms with E-state index in [4.69, 9.17) is 16.7 Å². The highest BCUT2D eigenvalue weighted by Crippen LogP contribution is 2.37. The van der Waals surface area contributed by atoms with Crippen LogP contribution in [0.25, 0.3) is 5.69 Å². The molecule has 1 N–H and O–H groups in total. The summed E-state index contributed by atoms with van der Waals surface area (Å²) >= 11 is 5.84. The van der Waals surface area contributed by atoms with Gasteiger partial charge in [-0.15, -0.1) is 0 Å². The first-order valence-electron chi connectivity index (χ1n) is 10.1. The molecule has 0 saturated heterocycles. The molecule has 0 spiro atoms. The minimum absolute atomic E-state index is 0.0273. The van der Waals surface area contributed by atoms with Crippen LogP contribution >= 0.6 is 11.6 Å². The van der Waals surface area contributed by atoms with Crippen molar-refractivity contribution in [1.29, 1.82) is 0 Å².